The monoisotopic (exact) mass is 384 g/mol. The molecular weight excluding hydrogens is 360 g/mol. The smallest absolute Gasteiger partial charge is 0.162 e. The number of hydrazine groups is 1. The minimum absolute atomic E-state index is 0.121. The third-order valence-electron chi connectivity index (χ3n) is 5.50. The normalized spacial score (nSPS) is 26.2. The van der Waals surface area contributed by atoms with E-state index in [-0.39, 0.29) is 17.1 Å². The van der Waals surface area contributed by atoms with E-state index in [0.717, 1.165) is 23.3 Å². The molecule has 3 heterocycles. The second-order valence-electron chi connectivity index (χ2n) is 8.08. The van der Waals surface area contributed by atoms with Crippen molar-refractivity contribution in [3.8, 4) is 6.07 Å². The first-order chi connectivity index (χ1) is 12.9. The van der Waals surface area contributed by atoms with Crippen molar-refractivity contribution in [1.29, 1.82) is 5.26 Å². The van der Waals surface area contributed by atoms with Gasteiger partial charge in [0.1, 0.15) is 5.82 Å². The average Bonchev–Trinajstić information content (AvgIpc) is 3.14. The highest BCUT2D eigenvalue weighted by molar-refractivity contribution is 7.08. The second kappa shape index (κ2) is 6.79. The highest BCUT2D eigenvalue weighted by Gasteiger charge is 2.45. The van der Waals surface area contributed by atoms with Crippen molar-refractivity contribution < 1.29 is 9.53 Å². The zero-order valence-corrected chi connectivity index (χ0v) is 16.5. The van der Waals surface area contributed by atoms with Crippen molar-refractivity contribution in [2.24, 2.45) is 11.1 Å². The van der Waals surface area contributed by atoms with Crippen molar-refractivity contribution in [1.82, 2.24) is 10.0 Å². The number of allylic oxidation sites excluding steroid dienone is 3. The van der Waals surface area contributed by atoms with E-state index in [4.69, 9.17) is 10.5 Å². The molecule has 6 nitrogen and oxygen atoms in total. The Morgan fingerprint density at radius 3 is 2.70 bits per heavy atom. The predicted molar refractivity (Wildman–Crippen MR) is 103 cm³/mol. The number of Topliss-reactive ketones (excluding diaryl/α,β-unsaturated/α-hetero) is 1. The molecule has 1 aromatic heterocycles. The lowest BCUT2D eigenvalue weighted by atomic mass is 9.69. The summed E-state index contributed by atoms with van der Waals surface area (Å²) < 4.78 is 5.49. The lowest BCUT2D eigenvalue weighted by Crippen LogP contribution is -2.53. The summed E-state index contributed by atoms with van der Waals surface area (Å²) in [5, 5.41) is 18.0. The summed E-state index contributed by atoms with van der Waals surface area (Å²) in [6.45, 7) is 6.83. The number of carbonyl (C=O) groups is 1. The van der Waals surface area contributed by atoms with Gasteiger partial charge in [0, 0.05) is 30.8 Å². The van der Waals surface area contributed by atoms with Crippen LogP contribution in [0.25, 0.3) is 0 Å². The predicted octanol–water partition coefficient (Wildman–Crippen LogP) is 2.73. The maximum atomic E-state index is 13.2. The molecule has 0 aromatic carbocycles. The van der Waals surface area contributed by atoms with E-state index in [1.165, 1.54) is 0 Å². The van der Waals surface area contributed by atoms with Gasteiger partial charge >= 0.3 is 0 Å². The first kappa shape index (κ1) is 18.2. The molecule has 142 valence electrons. The Balaban J connectivity index is 1.91. The number of morpholine rings is 1. The van der Waals surface area contributed by atoms with Crippen molar-refractivity contribution in [3.63, 3.8) is 0 Å². The number of ether oxygens (including phenoxy) is 1. The van der Waals surface area contributed by atoms with Gasteiger partial charge in [-0.25, -0.2) is 5.01 Å². The highest BCUT2D eigenvalue weighted by Crippen LogP contribution is 2.49. The molecule has 0 saturated carbocycles. The topological polar surface area (TPSA) is 82.6 Å². The van der Waals surface area contributed by atoms with E-state index < -0.39 is 0 Å². The van der Waals surface area contributed by atoms with E-state index in [1.807, 2.05) is 21.8 Å². The molecule has 0 radical (unpaired) electrons. The number of nitrogens with two attached hydrogens (primary N) is 1. The van der Waals surface area contributed by atoms with Gasteiger partial charge < -0.3 is 10.5 Å². The number of hydrogen-bond acceptors (Lipinski definition) is 7. The van der Waals surface area contributed by atoms with Gasteiger partial charge in [-0.2, -0.15) is 16.6 Å². The molecule has 1 saturated heterocycles. The highest BCUT2D eigenvalue weighted by atomic mass is 32.1. The fourth-order valence-corrected chi connectivity index (χ4v) is 5.03. The maximum Gasteiger partial charge on any atom is 0.162 e. The molecule has 2 N–H and O–H groups in total. The largest absolute Gasteiger partial charge is 0.383 e. The SMILES string of the molecule is CC1(C)CC(=O)C2=C(C1)N(N1CCOCC1)C(N)=C(C#N)[C@@H]2c1ccsc1. The van der Waals surface area contributed by atoms with Crippen LogP contribution in [0.5, 0.6) is 0 Å². The van der Waals surface area contributed by atoms with Crippen LogP contribution in [0.15, 0.2) is 39.5 Å². The van der Waals surface area contributed by atoms with Gasteiger partial charge in [-0.05, 0) is 34.2 Å². The van der Waals surface area contributed by atoms with E-state index in [0.29, 0.717) is 44.1 Å². The zero-order valence-electron chi connectivity index (χ0n) is 15.7. The molecule has 0 unspecified atom stereocenters. The fourth-order valence-electron chi connectivity index (χ4n) is 4.34. The van der Waals surface area contributed by atoms with Crippen molar-refractivity contribution >= 4 is 17.1 Å². The van der Waals surface area contributed by atoms with Crippen LogP contribution in [-0.4, -0.2) is 42.1 Å². The van der Waals surface area contributed by atoms with Gasteiger partial charge in [-0.1, -0.05) is 13.8 Å². The van der Waals surface area contributed by atoms with Gasteiger partial charge in [-0.15, -0.1) is 0 Å². The minimum Gasteiger partial charge on any atom is -0.383 e. The Kier molecular flexibility index (Phi) is 4.58. The van der Waals surface area contributed by atoms with E-state index >= 15 is 0 Å². The van der Waals surface area contributed by atoms with Crippen LogP contribution in [0.3, 0.4) is 0 Å². The maximum absolute atomic E-state index is 13.2. The number of nitriles is 1. The average molecular weight is 385 g/mol. The number of thiophene rings is 1. The van der Waals surface area contributed by atoms with Crippen molar-refractivity contribution in [2.45, 2.75) is 32.6 Å². The number of nitrogens with zero attached hydrogens (tertiary/aromatic N) is 3. The number of hydrogen-bond donors (Lipinski definition) is 1. The van der Waals surface area contributed by atoms with Crippen LogP contribution in [0.2, 0.25) is 0 Å². The van der Waals surface area contributed by atoms with E-state index in [9.17, 15) is 10.1 Å². The molecule has 1 fully saturated rings. The molecule has 1 atom stereocenters. The van der Waals surface area contributed by atoms with E-state index in [1.54, 1.807) is 11.3 Å². The van der Waals surface area contributed by atoms with E-state index in [2.05, 4.69) is 24.9 Å². The Labute approximate surface area is 163 Å². The third-order valence-corrected chi connectivity index (χ3v) is 6.20. The van der Waals surface area contributed by atoms with Gasteiger partial charge in [0.15, 0.2) is 5.78 Å². The molecule has 0 amide bonds. The summed E-state index contributed by atoms with van der Waals surface area (Å²) in [7, 11) is 0. The molecule has 1 aliphatic carbocycles. The second-order valence-corrected chi connectivity index (χ2v) is 8.86. The number of ketones is 1. The summed E-state index contributed by atoms with van der Waals surface area (Å²) in [6, 6.07) is 4.30. The molecule has 1 aromatic rings. The molecule has 3 aliphatic rings. The summed E-state index contributed by atoms with van der Waals surface area (Å²) in [4.78, 5) is 13.2. The van der Waals surface area contributed by atoms with Crippen LogP contribution >= 0.6 is 11.3 Å². The first-order valence-electron chi connectivity index (χ1n) is 9.24. The summed E-state index contributed by atoms with van der Waals surface area (Å²) in [6.07, 6.45) is 1.24. The van der Waals surface area contributed by atoms with Gasteiger partial charge in [-0.3, -0.25) is 9.80 Å². The van der Waals surface area contributed by atoms with Crippen LogP contribution in [0.1, 0.15) is 38.2 Å². The molecule has 7 heteroatoms. The molecule has 27 heavy (non-hydrogen) atoms. The Hall–Kier alpha value is -2.14. The molecule has 0 spiro atoms. The molecule has 4 rings (SSSR count). The Morgan fingerprint density at radius 2 is 2.07 bits per heavy atom. The van der Waals surface area contributed by atoms with Crippen molar-refractivity contribution in [3.05, 3.63) is 45.1 Å². The summed E-state index contributed by atoms with van der Waals surface area (Å²) in [5.41, 5.74) is 9.55. The van der Waals surface area contributed by atoms with Gasteiger partial charge in [0.2, 0.25) is 0 Å². The van der Waals surface area contributed by atoms with Crippen LogP contribution in [0, 0.1) is 16.7 Å². The van der Waals surface area contributed by atoms with Crippen LogP contribution in [-0.2, 0) is 9.53 Å². The Bertz CT molecular complexity index is 857. The van der Waals surface area contributed by atoms with Gasteiger partial charge in [0.05, 0.1) is 30.8 Å². The molecular formula is C20H24N4O2S. The van der Waals surface area contributed by atoms with Crippen LogP contribution in [0.4, 0.5) is 0 Å². The number of rotatable bonds is 2. The first-order valence-corrected chi connectivity index (χ1v) is 10.2. The molecule has 2 aliphatic heterocycles. The van der Waals surface area contributed by atoms with Crippen molar-refractivity contribution in [2.75, 3.05) is 26.3 Å². The molecule has 0 bridgehead atoms. The third kappa shape index (κ3) is 3.08. The van der Waals surface area contributed by atoms with Gasteiger partial charge in [0.25, 0.3) is 0 Å². The fraction of sp³-hybridized carbons (Fsp3) is 0.500. The minimum atomic E-state index is -0.364. The van der Waals surface area contributed by atoms with Crippen LogP contribution < -0.4 is 5.73 Å². The lowest BCUT2D eigenvalue weighted by molar-refractivity contribution is -0.119. The number of carbonyl (C=O) groups excluding carboxylic acids is 1. The quantitative estimate of drug-likeness (QED) is 0.844. The zero-order chi connectivity index (χ0) is 19.2. The standard InChI is InChI=1S/C20H24N4O2S/c1-20(2)9-15-18(16(25)10-20)17(13-3-8-27-12-13)14(11-21)19(22)24(15)23-4-6-26-7-5-23/h3,8,12,17H,4-7,9-10,22H2,1-2H3/t17-/m0/s1. The lowest BCUT2D eigenvalue weighted by Gasteiger charge is -2.48. The Morgan fingerprint density at radius 1 is 1.33 bits per heavy atom. The summed E-state index contributed by atoms with van der Waals surface area (Å²) >= 11 is 1.57. The summed E-state index contributed by atoms with van der Waals surface area (Å²) in [5.74, 6) is 0.202.